The zero-order chi connectivity index (χ0) is 16.0. The molecule has 3 aliphatic heterocycles. The summed E-state index contributed by atoms with van der Waals surface area (Å²) in [7, 11) is 0. The molecule has 124 valence electrons. The lowest BCUT2D eigenvalue weighted by atomic mass is 9.73. The van der Waals surface area contributed by atoms with Crippen molar-refractivity contribution in [3.05, 3.63) is 65.7 Å². The molecule has 3 heterocycles. The highest BCUT2D eigenvalue weighted by atomic mass is 15.2. The summed E-state index contributed by atoms with van der Waals surface area (Å²) in [6.45, 7) is 4.83. The Kier molecular flexibility index (Phi) is 3.41. The first-order valence-corrected chi connectivity index (χ1v) is 9.49. The van der Waals surface area contributed by atoms with E-state index in [9.17, 15) is 0 Å². The van der Waals surface area contributed by atoms with Crippen molar-refractivity contribution in [2.24, 2.45) is 0 Å². The second kappa shape index (κ2) is 5.63. The molecule has 2 saturated heterocycles. The average Bonchev–Trinajstić information content (AvgIpc) is 3.17. The number of hydrogen-bond donors (Lipinski definition) is 0. The summed E-state index contributed by atoms with van der Waals surface area (Å²) in [5.41, 5.74) is 4.89. The number of anilines is 1. The van der Waals surface area contributed by atoms with Crippen molar-refractivity contribution in [1.82, 2.24) is 4.90 Å². The van der Waals surface area contributed by atoms with Crippen molar-refractivity contribution in [2.75, 3.05) is 24.5 Å². The molecule has 0 amide bonds. The number of fused-ring (bicyclic) bond motifs is 4. The van der Waals surface area contributed by atoms with Crippen molar-refractivity contribution in [1.29, 1.82) is 0 Å². The minimum absolute atomic E-state index is 0.367. The van der Waals surface area contributed by atoms with Crippen LogP contribution in [0.25, 0.3) is 0 Å². The molecule has 0 N–H and O–H groups in total. The lowest BCUT2D eigenvalue weighted by Gasteiger charge is -2.39. The molecular weight excluding hydrogens is 292 g/mol. The van der Waals surface area contributed by atoms with Gasteiger partial charge in [-0.05, 0) is 49.5 Å². The van der Waals surface area contributed by atoms with Gasteiger partial charge >= 0.3 is 0 Å². The van der Waals surface area contributed by atoms with Gasteiger partial charge in [0.2, 0.25) is 0 Å². The van der Waals surface area contributed by atoms with E-state index in [0.29, 0.717) is 5.41 Å². The van der Waals surface area contributed by atoms with Crippen LogP contribution in [0.4, 0.5) is 5.69 Å². The van der Waals surface area contributed by atoms with Crippen LogP contribution in [0, 0.1) is 0 Å². The topological polar surface area (TPSA) is 6.48 Å². The molecule has 0 unspecified atom stereocenters. The van der Waals surface area contributed by atoms with E-state index in [1.807, 2.05) is 0 Å². The summed E-state index contributed by atoms with van der Waals surface area (Å²) in [4.78, 5) is 5.43. The Hall–Kier alpha value is -1.80. The van der Waals surface area contributed by atoms with Crippen molar-refractivity contribution < 1.29 is 0 Å². The SMILES string of the molecule is c1ccc(CN2C[C@]3(CCN4CCCC[C@@H]43)c3ccccc32)cc1. The monoisotopic (exact) mass is 318 g/mol. The van der Waals surface area contributed by atoms with Gasteiger partial charge in [0.25, 0.3) is 0 Å². The minimum Gasteiger partial charge on any atom is -0.366 e. The fourth-order valence-electron chi connectivity index (χ4n) is 5.52. The molecular formula is C22H26N2. The molecule has 0 bridgehead atoms. The lowest BCUT2D eigenvalue weighted by Crippen LogP contribution is -2.47. The third-order valence-electron chi connectivity index (χ3n) is 6.57. The lowest BCUT2D eigenvalue weighted by molar-refractivity contribution is 0.160. The zero-order valence-electron chi connectivity index (χ0n) is 14.3. The van der Waals surface area contributed by atoms with Gasteiger partial charge in [0.05, 0.1) is 0 Å². The fraction of sp³-hybridized carbons (Fsp3) is 0.455. The highest BCUT2D eigenvalue weighted by Gasteiger charge is 2.53. The Balaban J connectivity index is 1.52. The van der Waals surface area contributed by atoms with Crippen LogP contribution in [-0.4, -0.2) is 30.6 Å². The summed E-state index contributed by atoms with van der Waals surface area (Å²) >= 11 is 0. The van der Waals surface area contributed by atoms with Crippen LogP contribution >= 0.6 is 0 Å². The Bertz CT molecular complexity index is 726. The molecule has 1 spiro atoms. The number of rotatable bonds is 2. The number of benzene rings is 2. The predicted octanol–water partition coefficient (Wildman–Crippen LogP) is 4.20. The number of hydrogen-bond acceptors (Lipinski definition) is 2. The maximum atomic E-state index is 2.78. The molecule has 0 aromatic heterocycles. The van der Waals surface area contributed by atoms with Crippen molar-refractivity contribution >= 4 is 5.69 Å². The normalized spacial score (nSPS) is 29.0. The largest absolute Gasteiger partial charge is 0.366 e. The van der Waals surface area contributed by atoms with E-state index in [4.69, 9.17) is 0 Å². The molecule has 2 aromatic carbocycles. The van der Waals surface area contributed by atoms with Gasteiger partial charge in [-0.1, -0.05) is 55.0 Å². The van der Waals surface area contributed by atoms with Gasteiger partial charge in [-0.3, -0.25) is 4.90 Å². The Morgan fingerprint density at radius 2 is 1.75 bits per heavy atom. The van der Waals surface area contributed by atoms with E-state index in [2.05, 4.69) is 64.4 Å². The Morgan fingerprint density at radius 1 is 0.917 bits per heavy atom. The second-order valence-corrected chi connectivity index (χ2v) is 7.81. The molecule has 2 aromatic rings. The number of piperidine rings is 1. The van der Waals surface area contributed by atoms with Crippen LogP contribution in [0.15, 0.2) is 54.6 Å². The smallest absolute Gasteiger partial charge is 0.0429 e. The van der Waals surface area contributed by atoms with E-state index in [1.165, 1.54) is 56.6 Å². The molecule has 5 rings (SSSR count). The van der Waals surface area contributed by atoms with Gasteiger partial charge in [-0.15, -0.1) is 0 Å². The molecule has 2 fully saturated rings. The van der Waals surface area contributed by atoms with Gasteiger partial charge in [0.1, 0.15) is 0 Å². The van der Waals surface area contributed by atoms with Crippen molar-refractivity contribution in [2.45, 2.75) is 43.7 Å². The fourth-order valence-corrected chi connectivity index (χ4v) is 5.52. The summed E-state index contributed by atoms with van der Waals surface area (Å²) < 4.78 is 0. The molecule has 3 aliphatic rings. The summed E-state index contributed by atoms with van der Waals surface area (Å²) in [6, 6.07) is 20.9. The van der Waals surface area contributed by atoms with Crippen LogP contribution < -0.4 is 4.90 Å². The van der Waals surface area contributed by atoms with Gasteiger partial charge < -0.3 is 4.90 Å². The zero-order valence-corrected chi connectivity index (χ0v) is 14.3. The van der Waals surface area contributed by atoms with Crippen LogP contribution in [-0.2, 0) is 12.0 Å². The van der Waals surface area contributed by atoms with E-state index in [1.54, 1.807) is 5.56 Å². The molecule has 2 nitrogen and oxygen atoms in total. The molecule has 0 aliphatic carbocycles. The van der Waals surface area contributed by atoms with E-state index < -0.39 is 0 Å². The highest BCUT2D eigenvalue weighted by molar-refractivity contribution is 5.64. The summed E-state index contributed by atoms with van der Waals surface area (Å²) in [6.07, 6.45) is 5.51. The van der Waals surface area contributed by atoms with Gasteiger partial charge in [-0.2, -0.15) is 0 Å². The Morgan fingerprint density at radius 3 is 2.67 bits per heavy atom. The average molecular weight is 318 g/mol. The molecule has 0 saturated carbocycles. The predicted molar refractivity (Wildman–Crippen MR) is 99.4 cm³/mol. The standard InChI is InChI=1S/C22H26N2/c1-2-8-18(9-3-1)16-24-17-22(19-10-4-5-11-20(19)24)13-15-23-14-7-6-12-21(22)23/h1-5,8-11,21H,6-7,12-17H2/t21-,22-/m1/s1. The first-order valence-electron chi connectivity index (χ1n) is 9.49. The minimum atomic E-state index is 0.367. The summed E-state index contributed by atoms with van der Waals surface area (Å²) in [5, 5.41) is 0. The van der Waals surface area contributed by atoms with Crippen LogP contribution in [0.3, 0.4) is 0 Å². The van der Waals surface area contributed by atoms with E-state index in [0.717, 1.165) is 12.6 Å². The third kappa shape index (κ3) is 2.12. The van der Waals surface area contributed by atoms with Gasteiger partial charge in [-0.25, -0.2) is 0 Å². The molecule has 0 radical (unpaired) electrons. The van der Waals surface area contributed by atoms with Crippen LogP contribution in [0.5, 0.6) is 0 Å². The van der Waals surface area contributed by atoms with Gasteiger partial charge in [0, 0.05) is 30.2 Å². The quantitative estimate of drug-likeness (QED) is 0.819. The van der Waals surface area contributed by atoms with Crippen molar-refractivity contribution in [3.8, 4) is 0 Å². The van der Waals surface area contributed by atoms with E-state index >= 15 is 0 Å². The van der Waals surface area contributed by atoms with Crippen molar-refractivity contribution in [3.63, 3.8) is 0 Å². The van der Waals surface area contributed by atoms with Crippen LogP contribution in [0.2, 0.25) is 0 Å². The second-order valence-electron chi connectivity index (χ2n) is 7.81. The van der Waals surface area contributed by atoms with Crippen LogP contribution in [0.1, 0.15) is 36.8 Å². The number of para-hydroxylation sites is 1. The molecule has 2 atom stereocenters. The first kappa shape index (κ1) is 14.5. The number of nitrogens with zero attached hydrogens (tertiary/aromatic N) is 2. The Labute approximate surface area is 145 Å². The summed E-state index contributed by atoms with van der Waals surface area (Å²) in [5.74, 6) is 0. The maximum absolute atomic E-state index is 2.78. The molecule has 24 heavy (non-hydrogen) atoms. The van der Waals surface area contributed by atoms with Gasteiger partial charge in [0.15, 0.2) is 0 Å². The first-order chi connectivity index (χ1) is 11.9. The third-order valence-corrected chi connectivity index (χ3v) is 6.57. The maximum Gasteiger partial charge on any atom is 0.0429 e. The molecule has 2 heteroatoms. The van der Waals surface area contributed by atoms with E-state index in [-0.39, 0.29) is 0 Å². The highest BCUT2D eigenvalue weighted by Crippen LogP contribution is 2.52.